The van der Waals surface area contributed by atoms with E-state index in [1.165, 1.54) is 19.2 Å². The molecule has 10 heteroatoms. The molecular formula is C33H46FN3O5S. The number of ether oxygens (including phenoxy) is 2. The molecular weight excluding hydrogens is 569 g/mol. The first-order valence-electron chi connectivity index (χ1n) is 15.0. The van der Waals surface area contributed by atoms with Crippen LogP contribution in [-0.4, -0.2) is 80.5 Å². The van der Waals surface area contributed by atoms with Crippen LogP contribution in [0.25, 0.3) is 0 Å². The summed E-state index contributed by atoms with van der Waals surface area (Å²) in [5.74, 6) is -0.281. The van der Waals surface area contributed by atoms with Crippen LogP contribution in [0.5, 0.6) is 0 Å². The minimum atomic E-state index is -2.78. The quantitative estimate of drug-likeness (QED) is 0.413. The molecule has 0 aromatic heterocycles. The predicted molar refractivity (Wildman–Crippen MR) is 167 cm³/mol. The highest BCUT2D eigenvalue weighted by molar-refractivity contribution is 7.94. The second kappa shape index (κ2) is 12.6. The number of nitrogens with zero attached hydrogens (tertiary/aromatic N) is 3. The first-order chi connectivity index (χ1) is 20.1. The Labute approximate surface area is 256 Å². The monoisotopic (exact) mass is 615 g/mol. The highest BCUT2D eigenvalue weighted by atomic mass is 32.2. The number of carbonyl (C=O) groups excluding carboxylic acids is 2. The van der Waals surface area contributed by atoms with Gasteiger partial charge in [-0.05, 0) is 76.8 Å². The average Bonchev–Trinajstić information content (AvgIpc) is 2.94. The molecule has 0 unspecified atom stereocenters. The lowest BCUT2D eigenvalue weighted by Crippen LogP contribution is -2.63. The van der Waals surface area contributed by atoms with Crippen LogP contribution in [0.2, 0.25) is 0 Å². The van der Waals surface area contributed by atoms with E-state index in [0.717, 1.165) is 16.7 Å². The Bertz CT molecular complexity index is 1440. The SMILES string of the molecule is CC[S@](=O)(=NC)[C@H]1CO[C@@H](C(=O)N2CCc3ccccc3[C@@H]2c2ccc(F)cc2)C[C@@H]1N(C(=O)OC(C)(C)C)C(C)(C)C. The van der Waals surface area contributed by atoms with Gasteiger partial charge in [-0.3, -0.25) is 9.69 Å². The zero-order valence-corrected chi connectivity index (χ0v) is 27.4. The highest BCUT2D eigenvalue weighted by Crippen LogP contribution is 2.38. The van der Waals surface area contributed by atoms with Crippen LogP contribution in [0.3, 0.4) is 0 Å². The van der Waals surface area contributed by atoms with Crippen LogP contribution in [-0.2, 0) is 30.4 Å². The van der Waals surface area contributed by atoms with E-state index < -0.39 is 50.4 Å². The maximum atomic E-state index is 14.4. The Morgan fingerprint density at radius 3 is 2.33 bits per heavy atom. The summed E-state index contributed by atoms with van der Waals surface area (Å²) in [6.45, 7) is 13.4. The maximum absolute atomic E-state index is 14.4. The summed E-state index contributed by atoms with van der Waals surface area (Å²) in [5, 5.41) is -0.617. The number of fused-ring (bicyclic) bond motifs is 1. The van der Waals surface area contributed by atoms with Crippen molar-refractivity contribution in [2.75, 3.05) is 26.0 Å². The van der Waals surface area contributed by atoms with Gasteiger partial charge in [0.1, 0.15) is 17.5 Å². The average molecular weight is 616 g/mol. The lowest BCUT2D eigenvalue weighted by atomic mass is 9.87. The molecule has 2 aromatic rings. The van der Waals surface area contributed by atoms with Crippen LogP contribution in [0.1, 0.15) is 77.6 Å². The van der Waals surface area contributed by atoms with Gasteiger partial charge in [0.05, 0.1) is 33.7 Å². The number of hydrogen-bond acceptors (Lipinski definition) is 6. The van der Waals surface area contributed by atoms with Gasteiger partial charge in [0.2, 0.25) is 0 Å². The van der Waals surface area contributed by atoms with Crippen LogP contribution in [0.4, 0.5) is 9.18 Å². The van der Waals surface area contributed by atoms with E-state index in [4.69, 9.17) is 9.47 Å². The number of benzene rings is 2. The van der Waals surface area contributed by atoms with Crippen molar-refractivity contribution in [1.82, 2.24) is 9.80 Å². The molecule has 0 saturated carbocycles. The molecule has 236 valence electrons. The van der Waals surface area contributed by atoms with Gasteiger partial charge in [0.15, 0.2) is 0 Å². The molecule has 2 aliphatic heterocycles. The molecule has 0 N–H and O–H groups in total. The Balaban J connectivity index is 1.75. The molecule has 1 saturated heterocycles. The molecule has 4 rings (SSSR count). The molecule has 5 atom stereocenters. The molecule has 8 nitrogen and oxygen atoms in total. The Hall–Kier alpha value is -2.98. The first kappa shape index (κ1) is 32.9. The molecule has 2 amide bonds. The van der Waals surface area contributed by atoms with Crippen LogP contribution < -0.4 is 0 Å². The van der Waals surface area contributed by atoms with Gasteiger partial charge in [-0.2, -0.15) is 0 Å². The van der Waals surface area contributed by atoms with Crippen LogP contribution >= 0.6 is 0 Å². The van der Waals surface area contributed by atoms with Gasteiger partial charge in [0.25, 0.3) is 5.91 Å². The molecule has 0 radical (unpaired) electrons. The van der Waals surface area contributed by atoms with Crippen molar-refractivity contribution in [2.24, 2.45) is 4.36 Å². The second-order valence-corrected chi connectivity index (χ2v) is 16.2. The van der Waals surface area contributed by atoms with Crippen molar-refractivity contribution in [1.29, 1.82) is 0 Å². The fourth-order valence-electron chi connectivity index (χ4n) is 6.25. The van der Waals surface area contributed by atoms with Crippen molar-refractivity contribution >= 4 is 21.7 Å². The second-order valence-electron chi connectivity index (χ2n) is 13.3. The van der Waals surface area contributed by atoms with Gasteiger partial charge >= 0.3 is 6.09 Å². The van der Waals surface area contributed by atoms with Gasteiger partial charge < -0.3 is 14.4 Å². The van der Waals surface area contributed by atoms with E-state index in [9.17, 15) is 18.2 Å². The number of amides is 2. The van der Waals surface area contributed by atoms with Crippen molar-refractivity contribution in [3.05, 3.63) is 71.0 Å². The predicted octanol–water partition coefficient (Wildman–Crippen LogP) is 5.98. The lowest BCUT2D eigenvalue weighted by Gasteiger charge is -2.49. The third-order valence-corrected chi connectivity index (χ3v) is 11.1. The fraction of sp³-hybridized carbons (Fsp3) is 0.576. The molecule has 0 bridgehead atoms. The van der Waals surface area contributed by atoms with E-state index in [-0.39, 0.29) is 30.5 Å². The molecule has 0 aliphatic carbocycles. The zero-order chi connectivity index (χ0) is 31.7. The molecule has 43 heavy (non-hydrogen) atoms. The van der Waals surface area contributed by atoms with E-state index >= 15 is 0 Å². The van der Waals surface area contributed by atoms with E-state index in [1.807, 2.05) is 45.9 Å². The lowest BCUT2D eigenvalue weighted by molar-refractivity contribution is -0.151. The minimum absolute atomic E-state index is 0.00606. The first-order valence-corrected chi connectivity index (χ1v) is 16.7. The number of rotatable bonds is 5. The third kappa shape index (κ3) is 7.06. The van der Waals surface area contributed by atoms with Crippen molar-refractivity contribution in [3.63, 3.8) is 0 Å². The molecule has 2 heterocycles. The summed E-state index contributed by atoms with van der Waals surface area (Å²) in [6, 6.07) is 13.2. The molecule has 0 spiro atoms. The molecule has 1 fully saturated rings. The molecule has 2 aliphatic rings. The van der Waals surface area contributed by atoms with Gasteiger partial charge in [-0.15, -0.1) is 0 Å². The summed E-state index contributed by atoms with van der Waals surface area (Å²) < 4.78 is 44.3. The van der Waals surface area contributed by atoms with Crippen LogP contribution in [0, 0.1) is 5.82 Å². The standard InChI is InChI=1S/C33H46FN3O5S/c1-9-43(40,35-8)28-21-41-27(20-26(28)37(32(2,3)4)31(39)42-33(5,6)7)30(38)36-19-18-22-12-10-11-13-25(22)29(36)23-14-16-24(34)17-15-23/h10-17,26-29H,9,18-21H2,1-8H3/t26-,27+,28-,29-,43+/m0/s1. The smallest absolute Gasteiger partial charge is 0.411 e. The van der Waals surface area contributed by atoms with E-state index in [0.29, 0.717) is 13.0 Å². The number of hydrogen-bond donors (Lipinski definition) is 0. The van der Waals surface area contributed by atoms with Gasteiger partial charge in [0, 0.05) is 31.3 Å². The molecule has 2 aromatic carbocycles. The zero-order valence-electron chi connectivity index (χ0n) is 26.6. The summed E-state index contributed by atoms with van der Waals surface area (Å²) in [7, 11) is -1.24. The van der Waals surface area contributed by atoms with Crippen molar-refractivity contribution in [2.45, 2.75) is 95.9 Å². The highest BCUT2D eigenvalue weighted by Gasteiger charge is 2.49. The summed E-state index contributed by atoms with van der Waals surface area (Å²) >= 11 is 0. The normalized spacial score (nSPS) is 24.0. The number of halogens is 1. The minimum Gasteiger partial charge on any atom is -0.444 e. The largest absolute Gasteiger partial charge is 0.444 e. The van der Waals surface area contributed by atoms with E-state index in [1.54, 1.807) is 42.7 Å². The van der Waals surface area contributed by atoms with Crippen LogP contribution in [0.15, 0.2) is 52.9 Å². The van der Waals surface area contributed by atoms with E-state index in [2.05, 4.69) is 10.4 Å². The van der Waals surface area contributed by atoms with Gasteiger partial charge in [-0.25, -0.2) is 17.8 Å². The summed E-state index contributed by atoms with van der Waals surface area (Å²) in [6.07, 6.45) is -0.615. The Morgan fingerprint density at radius 2 is 1.74 bits per heavy atom. The summed E-state index contributed by atoms with van der Waals surface area (Å²) in [4.78, 5) is 31.6. The maximum Gasteiger partial charge on any atom is 0.411 e. The van der Waals surface area contributed by atoms with Crippen molar-refractivity contribution in [3.8, 4) is 0 Å². The number of carbonyl (C=O) groups is 2. The summed E-state index contributed by atoms with van der Waals surface area (Å²) in [5.41, 5.74) is 1.47. The third-order valence-electron chi connectivity index (χ3n) is 8.21. The fourth-order valence-corrected chi connectivity index (χ4v) is 8.22. The Morgan fingerprint density at radius 1 is 1.09 bits per heavy atom. The van der Waals surface area contributed by atoms with Crippen molar-refractivity contribution < 1.29 is 27.7 Å². The Kier molecular flexibility index (Phi) is 9.61. The van der Waals surface area contributed by atoms with Gasteiger partial charge in [-0.1, -0.05) is 43.3 Å². The topological polar surface area (TPSA) is 88.5 Å².